The number of hydrogen-bond donors (Lipinski definition) is 2. The number of rotatable bonds is 21. The number of carbonyl (C=O) groups is 1. The number of hydrogen-bond acceptors (Lipinski definition) is 8. The third-order valence-electron chi connectivity index (χ3n) is 7.74. The lowest BCUT2D eigenvalue weighted by atomic mass is 9.87. The summed E-state index contributed by atoms with van der Waals surface area (Å²) in [5.74, 6) is 1.09. The molecule has 5 atom stereocenters. The lowest BCUT2D eigenvalue weighted by molar-refractivity contribution is -0.119. The van der Waals surface area contributed by atoms with Gasteiger partial charge in [-0.25, -0.2) is 9.98 Å². The fraction of sp³-hybridized carbons (Fsp3) is 0.686. The number of carbonyl (C=O) groups excluding carboxylic acids is 1. The van der Waals surface area contributed by atoms with Crippen molar-refractivity contribution >= 4 is 17.6 Å². The highest BCUT2D eigenvalue weighted by atomic mass is 16.5. The van der Waals surface area contributed by atoms with Crippen molar-refractivity contribution in [2.75, 3.05) is 13.2 Å². The minimum Gasteiger partial charge on any atom is -0.480 e. The Bertz CT molecular complexity index is 1010. The fourth-order valence-electron chi connectivity index (χ4n) is 5.17. The molecule has 1 aromatic rings. The Kier molecular flexibility index (Phi) is 17.4. The van der Waals surface area contributed by atoms with Crippen molar-refractivity contribution in [1.29, 1.82) is 0 Å². The van der Waals surface area contributed by atoms with Gasteiger partial charge in [0, 0.05) is 12.8 Å². The summed E-state index contributed by atoms with van der Waals surface area (Å²) in [6.45, 7) is 10.5. The maximum Gasteiger partial charge on any atom is 0.215 e. The minimum atomic E-state index is -1.31. The normalized spacial score (nSPS) is 20.8. The molecule has 1 heterocycles. The predicted molar refractivity (Wildman–Crippen MR) is 174 cm³/mol. The van der Waals surface area contributed by atoms with Crippen molar-refractivity contribution in [3.63, 3.8) is 0 Å². The number of ether oxygens (including phenoxy) is 3. The van der Waals surface area contributed by atoms with E-state index in [0.717, 1.165) is 50.5 Å². The Morgan fingerprint density at radius 3 is 2.26 bits per heavy atom. The Morgan fingerprint density at radius 2 is 1.60 bits per heavy atom. The van der Waals surface area contributed by atoms with Crippen molar-refractivity contribution in [1.82, 2.24) is 0 Å². The maximum atomic E-state index is 12.0. The van der Waals surface area contributed by atoms with E-state index in [1.807, 2.05) is 57.2 Å². The van der Waals surface area contributed by atoms with Gasteiger partial charge in [0.25, 0.3) is 0 Å². The molecule has 0 saturated heterocycles. The number of aliphatic hydroxyl groups excluding tert-OH is 2. The molecule has 8 heteroatoms. The molecule has 0 unspecified atom stereocenters. The molecule has 242 valence electrons. The molecule has 1 aliphatic heterocycles. The van der Waals surface area contributed by atoms with E-state index in [1.54, 1.807) is 13.0 Å². The summed E-state index contributed by atoms with van der Waals surface area (Å²) in [6, 6.07) is 9.30. The van der Waals surface area contributed by atoms with Crippen LogP contribution in [0, 0.1) is 0 Å². The van der Waals surface area contributed by atoms with Crippen molar-refractivity contribution < 1.29 is 29.2 Å². The van der Waals surface area contributed by atoms with E-state index >= 15 is 0 Å². The number of ketones is 1. The summed E-state index contributed by atoms with van der Waals surface area (Å²) >= 11 is 0. The molecule has 0 aliphatic carbocycles. The van der Waals surface area contributed by atoms with Crippen molar-refractivity contribution in [2.45, 2.75) is 142 Å². The molecule has 0 saturated carbocycles. The molecule has 1 aliphatic rings. The Labute approximate surface area is 259 Å². The molecule has 0 spiro atoms. The first kappa shape index (κ1) is 36.6. The number of aliphatic imine (C=N–C) groups is 2. The summed E-state index contributed by atoms with van der Waals surface area (Å²) in [5.41, 5.74) is -0.383. The van der Waals surface area contributed by atoms with E-state index in [9.17, 15) is 15.0 Å². The van der Waals surface area contributed by atoms with Crippen LogP contribution in [0.1, 0.15) is 111 Å². The quantitative estimate of drug-likeness (QED) is 0.119. The number of benzene rings is 1. The van der Waals surface area contributed by atoms with Gasteiger partial charge in [-0.15, -0.1) is 0 Å². The van der Waals surface area contributed by atoms with Gasteiger partial charge >= 0.3 is 0 Å². The molecule has 0 radical (unpaired) electrons. The maximum absolute atomic E-state index is 12.0. The number of unbranched alkanes of at least 4 members (excludes halogenated alkanes) is 7. The number of nitrogens with zero attached hydrogens (tertiary/aromatic N) is 2. The van der Waals surface area contributed by atoms with Crippen LogP contribution in [-0.4, -0.2) is 70.9 Å². The average molecular weight is 601 g/mol. The molecule has 0 bridgehead atoms. The molecular weight excluding hydrogens is 544 g/mol. The minimum absolute atomic E-state index is 0.209. The van der Waals surface area contributed by atoms with Gasteiger partial charge in [-0.05, 0) is 58.9 Å². The van der Waals surface area contributed by atoms with E-state index < -0.39 is 23.9 Å². The van der Waals surface area contributed by atoms with Crippen molar-refractivity contribution in [3.05, 3.63) is 48.0 Å². The highest BCUT2D eigenvalue weighted by Gasteiger charge is 2.49. The van der Waals surface area contributed by atoms with Crippen LogP contribution < -0.4 is 0 Å². The second-order valence-electron chi connectivity index (χ2n) is 11.5. The summed E-state index contributed by atoms with van der Waals surface area (Å²) in [5, 5.41) is 23.0. The zero-order valence-corrected chi connectivity index (χ0v) is 27.2. The highest BCUT2D eigenvalue weighted by Crippen LogP contribution is 2.30. The Hall–Kier alpha value is -2.55. The van der Waals surface area contributed by atoms with E-state index in [-0.39, 0.29) is 12.6 Å². The van der Waals surface area contributed by atoms with Crippen LogP contribution in [0.25, 0.3) is 0 Å². The van der Waals surface area contributed by atoms with Gasteiger partial charge in [-0.2, -0.15) is 0 Å². The second-order valence-corrected chi connectivity index (χ2v) is 11.5. The van der Waals surface area contributed by atoms with E-state index in [4.69, 9.17) is 19.2 Å². The van der Waals surface area contributed by atoms with Crippen LogP contribution >= 0.6 is 0 Å². The van der Waals surface area contributed by atoms with Crippen LogP contribution in [0.5, 0.6) is 0 Å². The zero-order chi connectivity index (χ0) is 31.5. The SMILES string of the molecule is CCCCCCC(=O)CCCCCC/C=C/[C@H](O)[C@@H](OCc1ccccc1)[C@H](O)[C@]1(C)N=C(OCC)[C@@H](C)N=C1OCC. The third-order valence-corrected chi connectivity index (χ3v) is 7.74. The van der Waals surface area contributed by atoms with Gasteiger partial charge in [-0.3, -0.25) is 4.79 Å². The molecule has 1 aromatic carbocycles. The summed E-state index contributed by atoms with van der Waals surface area (Å²) in [7, 11) is 0. The largest absolute Gasteiger partial charge is 0.480 e. The van der Waals surface area contributed by atoms with Gasteiger partial charge in [0.05, 0.1) is 19.8 Å². The second kappa shape index (κ2) is 20.4. The number of aliphatic hydroxyl groups is 2. The van der Waals surface area contributed by atoms with Crippen molar-refractivity contribution in [3.8, 4) is 0 Å². The van der Waals surface area contributed by atoms with Crippen LogP contribution in [0.15, 0.2) is 52.5 Å². The van der Waals surface area contributed by atoms with Crippen LogP contribution in [0.3, 0.4) is 0 Å². The molecule has 0 fully saturated rings. The van der Waals surface area contributed by atoms with Crippen LogP contribution in [-0.2, 0) is 25.6 Å². The summed E-state index contributed by atoms with van der Waals surface area (Å²) < 4.78 is 17.8. The van der Waals surface area contributed by atoms with Crippen LogP contribution in [0.4, 0.5) is 0 Å². The zero-order valence-electron chi connectivity index (χ0n) is 27.2. The Balaban J connectivity index is 2.02. The number of allylic oxidation sites excluding steroid dienone is 1. The first-order valence-corrected chi connectivity index (χ1v) is 16.4. The van der Waals surface area contributed by atoms with Crippen LogP contribution in [0.2, 0.25) is 0 Å². The standard InChI is InChI=1S/C35H56N2O6/c1-6-9-10-18-23-29(38)24-19-13-11-12-14-20-25-30(39)31(43-26-28-21-16-15-17-22-28)32(40)35(5)34(42-8-3)36-27(4)33(37-35)41-7-2/h15-17,20-22,25,27,30-32,39-40H,6-14,18-19,23-24,26H2,1-5H3/b25-20+/t27-,30+,31-,32+,35+/m1/s1. The van der Waals surface area contributed by atoms with Gasteiger partial charge in [0.15, 0.2) is 5.54 Å². The van der Waals surface area contributed by atoms with E-state index in [0.29, 0.717) is 43.6 Å². The van der Waals surface area contributed by atoms with E-state index in [1.165, 1.54) is 12.8 Å². The molecule has 8 nitrogen and oxygen atoms in total. The molecule has 2 N–H and O–H groups in total. The summed E-state index contributed by atoms with van der Waals surface area (Å²) in [6.07, 6.45) is 11.0. The van der Waals surface area contributed by atoms with Gasteiger partial charge in [-0.1, -0.05) is 81.5 Å². The fourth-order valence-corrected chi connectivity index (χ4v) is 5.17. The molecule has 2 rings (SSSR count). The topological polar surface area (TPSA) is 110 Å². The third kappa shape index (κ3) is 12.5. The highest BCUT2D eigenvalue weighted by molar-refractivity contribution is 5.97. The molecule has 0 aromatic heterocycles. The predicted octanol–water partition coefficient (Wildman–Crippen LogP) is 6.76. The van der Waals surface area contributed by atoms with E-state index in [2.05, 4.69) is 11.9 Å². The van der Waals surface area contributed by atoms with Gasteiger partial charge < -0.3 is 24.4 Å². The molecular formula is C35H56N2O6. The monoisotopic (exact) mass is 600 g/mol. The smallest absolute Gasteiger partial charge is 0.215 e. The van der Waals surface area contributed by atoms with Gasteiger partial charge in [0.1, 0.15) is 30.1 Å². The molecule has 43 heavy (non-hydrogen) atoms. The van der Waals surface area contributed by atoms with Crippen molar-refractivity contribution in [2.24, 2.45) is 9.98 Å². The molecule has 0 amide bonds. The van der Waals surface area contributed by atoms with Gasteiger partial charge in [0.2, 0.25) is 11.8 Å². The first-order chi connectivity index (χ1) is 20.8. The first-order valence-electron chi connectivity index (χ1n) is 16.4. The Morgan fingerprint density at radius 1 is 0.953 bits per heavy atom. The summed E-state index contributed by atoms with van der Waals surface area (Å²) in [4.78, 5) is 21.5. The lowest BCUT2D eigenvalue weighted by Gasteiger charge is -2.39. The lowest BCUT2D eigenvalue weighted by Crippen LogP contribution is -2.58. The number of Topliss-reactive ketones (excluding diaryl/α,β-unsaturated/α-hetero) is 1. The average Bonchev–Trinajstić information content (AvgIpc) is 3.00.